The molecule has 6 heteroatoms. The van der Waals surface area contributed by atoms with Crippen LogP contribution in [0.25, 0.3) is 5.69 Å². The highest BCUT2D eigenvalue weighted by Crippen LogP contribution is 2.22. The Labute approximate surface area is 154 Å². The minimum absolute atomic E-state index is 0.0132. The van der Waals surface area contributed by atoms with E-state index in [2.05, 4.69) is 32.7 Å². The lowest BCUT2D eigenvalue weighted by Crippen LogP contribution is -2.29. The molecule has 1 aromatic heterocycles. The van der Waals surface area contributed by atoms with Gasteiger partial charge >= 0.3 is 0 Å². The van der Waals surface area contributed by atoms with E-state index >= 15 is 0 Å². The molecule has 122 valence electrons. The standard InChI is InChI=1S/C18H17IN4O/c1-13(22(2)18(24)15-3-7-16(19)8-4-15)14-5-9-17(10-6-14)23-12-20-11-21-23/h3-13H,1-2H3. The van der Waals surface area contributed by atoms with Gasteiger partial charge in [-0.3, -0.25) is 4.79 Å². The van der Waals surface area contributed by atoms with Crippen LogP contribution in [0.2, 0.25) is 0 Å². The summed E-state index contributed by atoms with van der Waals surface area (Å²) in [4.78, 5) is 18.3. The van der Waals surface area contributed by atoms with Gasteiger partial charge in [0.25, 0.3) is 5.91 Å². The first kappa shape index (κ1) is 16.6. The van der Waals surface area contributed by atoms with Crippen molar-refractivity contribution in [3.63, 3.8) is 0 Å². The summed E-state index contributed by atoms with van der Waals surface area (Å²) in [7, 11) is 1.83. The van der Waals surface area contributed by atoms with Crippen molar-refractivity contribution in [2.24, 2.45) is 0 Å². The van der Waals surface area contributed by atoms with E-state index in [1.165, 1.54) is 6.33 Å². The molecule has 1 atom stereocenters. The van der Waals surface area contributed by atoms with Gasteiger partial charge in [0.1, 0.15) is 12.7 Å². The first-order valence-electron chi connectivity index (χ1n) is 7.54. The Morgan fingerprint density at radius 2 is 1.79 bits per heavy atom. The summed E-state index contributed by atoms with van der Waals surface area (Å²) >= 11 is 2.23. The maximum absolute atomic E-state index is 12.6. The van der Waals surface area contributed by atoms with Gasteiger partial charge in [0.15, 0.2) is 0 Å². The van der Waals surface area contributed by atoms with Crippen molar-refractivity contribution in [3.05, 3.63) is 75.9 Å². The molecule has 0 saturated heterocycles. The van der Waals surface area contributed by atoms with Gasteiger partial charge < -0.3 is 4.90 Å². The Morgan fingerprint density at radius 3 is 2.38 bits per heavy atom. The molecule has 1 unspecified atom stereocenters. The summed E-state index contributed by atoms with van der Waals surface area (Å²) in [6.45, 7) is 2.02. The molecule has 3 rings (SSSR count). The number of hydrogen-bond donors (Lipinski definition) is 0. The van der Waals surface area contributed by atoms with Crippen molar-refractivity contribution >= 4 is 28.5 Å². The average molecular weight is 432 g/mol. The second-order valence-electron chi connectivity index (χ2n) is 5.53. The fraction of sp³-hybridized carbons (Fsp3) is 0.167. The molecule has 1 amide bonds. The molecule has 0 radical (unpaired) electrons. The Hall–Kier alpha value is -2.22. The molecule has 0 N–H and O–H groups in total. The van der Waals surface area contributed by atoms with E-state index in [1.807, 2.05) is 62.5 Å². The molecule has 5 nitrogen and oxygen atoms in total. The number of carbonyl (C=O) groups excluding carboxylic acids is 1. The summed E-state index contributed by atoms with van der Waals surface area (Å²) in [5.74, 6) is 0.0132. The lowest BCUT2D eigenvalue weighted by atomic mass is 10.1. The summed E-state index contributed by atoms with van der Waals surface area (Å²) in [5.41, 5.74) is 2.71. The fourth-order valence-electron chi connectivity index (χ4n) is 2.44. The van der Waals surface area contributed by atoms with Gasteiger partial charge in [0, 0.05) is 16.2 Å². The number of nitrogens with zero attached hydrogens (tertiary/aromatic N) is 4. The van der Waals surface area contributed by atoms with Crippen LogP contribution in [-0.4, -0.2) is 32.6 Å². The van der Waals surface area contributed by atoms with Gasteiger partial charge in [0.2, 0.25) is 0 Å². The highest BCUT2D eigenvalue weighted by molar-refractivity contribution is 14.1. The summed E-state index contributed by atoms with van der Waals surface area (Å²) in [5, 5.41) is 4.11. The van der Waals surface area contributed by atoms with Gasteiger partial charge in [-0.2, -0.15) is 5.10 Å². The molecule has 0 saturated carbocycles. The Balaban J connectivity index is 1.76. The van der Waals surface area contributed by atoms with Crippen molar-refractivity contribution in [1.82, 2.24) is 19.7 Å². The van der Waals surface area contributed by atoms with Crippen LogP contribution in [0.3, 0.4) is 0 Å². The van der Waals surface area contributed by atoms with Gasteiger partial charge in [-0.25, -0.2) is 9.67 Å². The molecule has 0 aliphatic carbocycles. The quantitative estimate of drug-likeness (QED) is 0.591. The smallest absolute Gasteiger partial charge is 0.254 e. The van der Waals surface area contributed by atoms with Crippen LogP contribution in [0.15, 0.2) is 61.2 Å². The average Bonchev–Trinajstić information content (AvgIpc) is 3.15. The first-order chi connectivity index (χ1) is 11.6. The second kappa shape index (κ2) is 7.12. The largest absolute Gasteiger partial charge is 0.335 e. The number of hydrogen-bond acceptors (Lipinski definition) is 3. The molecule has 2 aromatic carbocycles. The fourth-order valence-corrected chi connectivity index (χ4v) is 2.80. The van der Waals surface area contributed by atoms with Crippen molar-refractivity contribution in [2.75, 3.05) is 7.05 Å². The van der Waals surface area contributed by atoms with Gasteiger partial charge in [-0.1, -0.05) is 12.1 Å². The van der Waals surface area contributed by atoms with Crippen LogP contribution in [0.5, 0.6) is 0 Å². The van der Waals surface area contributed by atoms with E-state index < -0.39 is 0 Å². The molecular formula is C18H17IN4O. The van der Waals surface area contributed by atoms with Crippen molar-refractivity contribution in [2.45, 2.75) is 13.0 Å². The Bertz CT molecular complexity index is 813. The maximum atomic E-state index is 12.6. The van der Waals surface area contributed by atoms with Gasteiger partial charge in [0.05, 0.1) is 11.7 Å². The normalized spacial score (nSPS) is 12.0. The zero-order chi connectivity index (χ0) is 17.1. The summed E-state index contributed by atoms with van der Waals surface area (Å²) in [6, 6.07) is 15.6. The van der Waals surface area contributed by atoms with Crippen molar-refractivity contribution in [3.8, 4) is 5.69 Å². The highest BCUT2D eigenvalue weighted by atomic mass is 127. The number of carbonyl (C=O) groups is 1. The Morgan fingerprint density at radius 1 is 1.12 bits per heavy atom. The third-order valence-electron chi connectivity index (χ3n) is 4.05. The minimum atomic E-state index is -0.0263. The monoisotopic (exact) mass is 432 g/mol. The van der Waals surface area contributed by atoms with E-state index in [0.717, 1.165) is 14.8 Å². The third kappa shape index (κ3) is 3.48. The van der Waals surface area contributed by atoms with Crippen LogP contribution in [0.1, 0.15) is 28.9 Å². The molecule has 0 fully saturated rings. The van der Waals surface area contributed by atoms with Crippen LogP contribution in [-0.2, 0) is 0 Å². The molecule has 0 aliphatic rings. The zero-order valence-corrected chi connectivity index (χ0v) is 15.6. The number of rotatable bonds is 4. The highest BCUT2D eigenvalue weighted by Gasteiger charge is 2.18. The van der Waals surface area contributed by atoms with Crippen LogP contribution < -0.4 is 0 Å². The molecule has 0 bridgehead atoms. The van der Waals surface area contributed by atoms with Crippen molar-refractivity contribution < 1.29 is 4.79 Å². The van der Waals surface area contributed by atoms with Gasteiger partial charge in [-0.15, -0.1) is 0 Å². The molecule has 3 aromatic rings. The summed E-state index contributed by atoms with van der Waals surface area (Å²) < 4.78 is 2.82. The first-order valence-corrected chi connectivity index (χ1v) is 8.62. The van der Waals surface area contributed by atoms with Crippen molar-refractivity contribution in [1.29, 1.82) is 0 Å². The lowest BCUT2D eigenvalue weighted by Gasteiger charge is -2.25. The number of benzene rings is 2. The molecule has 1 heterocycles. The molecule has 24 heavy (non-hydrogen) atoms. The van der Waals surface area contributed by atoms with E-state index in [9.17, 15) is 4.79 Å². The molecular weight excluding hydrogens is 415 g/mol. The molecule has 0 aliphatic heterocycles. The number of halogens is 1. The lowest BCUT2D eigenvalue weighted by molar-refractivity contribution is 0.0742. The minimum Gasteiger partial charge on any atom is -0.335 e. The third-order valence-corrected chi connectivity index (χ3v) is 4.77. The van der Waals surface area contributed by atoms with Crippen LogP contribution >= 0.6 is 22.6 Å². The predicted molar refractivity (Wildman–Crippen MR) is 101 cm³/mol. The Kier molecular flexibility index (Phi) is 4.94. The number of amides is 1. The number of aromatic nitrogens is 3. The van der Waals surface area contributed by atoms with E-state index in [1.54, 1.807) is 15.9 Å². The SMILES string of the molecule is CC(c1ccc(-n2cncn2)cc1)N(C)C(=O)c1ccc(I)cc1. The van der Waals surface area contributed by atoms with E-state index in [-0.39, 0.29) is 11.9 Å². The second-order valence-corrected chi connectivity index (χ2v) is 6.78. The van der Waals surface area contributed by atoms with E-state index in [0.29, 0.717) is 5.56 Å². The molecule has 0 spiro atoms. The predicted octanol–water partition coefficient (Wildman–Crippen LogP) is 3.71. The maximum Gasteiger partial charge on any atom is 0.254 e. The topological polar surface area (TPSA) is 51.0 Å². The van der Waals surface area contributed by atoms with Crippen LogP contribution in [0, 0.1) is 3.57 Å². The van der Waals surface area contributed by atoms with Gasteiger partial charge in [-0.05, 0) is 71.5 Å². The van der Waals surface area contributed by atoms with Crippen LogP contribution in [0.4, 0.5) is 0 Å². The summed E-state index contributed by atoms with van der Waals surface area (Å²) in [6.07, 6.45) is 3.16. The van der Waals surface area contributed by atoms with E-state index in [4.69, 9.17) is 0 Å². The zero-order valence-electron chi connectivity index (χ0n) is 13.4.